The third kappa shape index (κ3) is 4.34. The van der Waals surface area contributed by atoms with Crippen LogP contribution in [0.3, 0.4) is 0 Å². The van der Waals surface area contributed by atoms with Crippen LogP contribution in [0.15, 0.2) is 12.1 Å². The molecule has 0 aliphatic carbocycles. The fourth-order valence-electron chi connectivity index (χ4n) is 1.50. The number of ether oxygens (including phenoxy) is 4. The Kier molecular flexibility index (Phi) is 5.93. The molecule has 9 heteroatoms. The Bertz CT molecular complexity index is 542. The zero-order chi connectivity index (χ0) is 15.8. The molecule has 1 aromatic carbocycles. The van der Waals surface area contributed by atoms with Gasteiger partial charge in [-0.2, -0.15) is 0 Å². The van der Waals surface area contributed by atoms with Gasteiger partial charge in [0.25, 0.3) is 12.2 Å². The normalized spacial score (nSPS) is 9.62. The van der Waals surface area contributed by atoms with Gasteiger partial charge in [-0.25, -0.2) is 4.79 Å². The van der Waals surface area contributed by atoms with Crippen LogP contribution in [0.5, 0.6) is 11.5 Å². The number of carbonyl (C=O) groups excluding carboxylic acids is 2. The number of nitro groups is 1. The van der Waals surface area contributed by atoms with E-state index in [2.05, 4.69) is 4.74 Å². The molecule has 0 unspecified atom stereocenters. The van der Waals surface area contributed by atoms with Crippen LogP contribution in [-0.4, -0.2) is 38.2 Å². The van der Waals surface area contributed by atoms with E-state index in [-0.39, 0.29) is 35.8 Å². The maximum atomic E-state index is 11.2. The summed E-state index contributed by atoms with van der Waals surface area (Å²) >= 11 is 0. The Hall–Kier alpha value is -2.84. The van der Waals surface area contributed by atoms with Gasteiger partial charge < -0.3 is 18.9 Å². The lowest BCUT2D eigenvalue weighted by Crippen LogP contribution is -2.12. The van der Waals surface area contributed by atoms with Gasteiger partial charge in [0.1, 0.15) is 6.61 Å². The second-order valence-corrected chi connectivity index (χ2v) is 3.66. The largest absolute Gasteiger partial charge is 0.493 e. The first kappa shape index (κ1) is 16.2. The number of esters is 1. The summed E-state index contributed by atoms with van der Waals surface area (Å²) < 4.78 is 19.0. The van der Waals surface area contributed by atoms with Crippen molar-refractivity contribution in [3.8, 4) is 11.5 Å². The van der Waals surface area contributed by atoms with Crippen molar-refractivity contribution in [3.05, 3.63) is 27.8 Å². The van der Waals surface area contributed by atoms with E-state index >= 15 is 0 Å². The van der Waals surface area contributed by atoms with Crippen molar-refractivity contribution >= 4 is 18.1 Å². The predicted octanol–water partition coefficient (Wildman–Crippen LogP) is 0.828. The van der Waals surface area contributed by atoms with Crippen molar-refractivity contribution < 1.29 is 33.5 Å². The highest BCUT2D eigenvalue weighted by molar-refractivity contribution is 5.72. The van der Waals surface area contributed by atoms with Crippen LogP contribution in [0.25, 0.3) is 0 Å². The van der Waals surface area contributed by atoms with E-state index in [4.69, 9.17) is 14.2 Å². The molecule has 0 bridgehead atoms. The molecule has 1 aromatic rings. The van der Waals surface area contributed by atoms with Crippen LogP contribution in [0.2, 0.25) is 0 Å². The van der Waals surface area contributed by atoms with E-state index in [9.17, 15) is 19.7 Å². The van der Waals surface area contributed by atoms with Crippen molar-refractivity contribution in [2.45, 2.75) is 6.61 Å². The lowest BCUT2D eigenvalue weighted by Gasteiger charge is -2.10. The molecule has 0 atom stereocenters. The second kappa shape index (κ2) is 7.68. The first-order valence-electron chi connectivity index (χ1n) is 5.63. The monoisotopic (exact) mass is 299 g/mol. The average molecular weight is 299 g/mol. The molecule has 0 aliphatic heterocycles. The van der Waals surface area contributed by atoms with Gasteiger partial charge in [0.15, 0.2) is 18.1 Å². The molecule has 0 fully saturated rings. The molecule has 1 rings (SSSR count). The van der Waals surface area contributed by atoms with Crippen LogP contribution < -0.4 is 9.47 Å². The number of benzene rings is 1. The second-order valence-electron chi connectivity index (χ2n) is 3.66. The lowest BCUT2D eigenvalue weighted by molar-refractivity contribution is -0.385. The minimum absolute atomic E-state index is 0.0973. The summed E-state index contributed by atoms with van der Waals surface area (Å²) in [5, 5.41) is 11.0. The highest BCUT2D eigenvalue weighted by Crippen LogP contribution is 2.34. The smallest absolute Gasteiger partial charge is 0.344 e. The maximum Gasteiger partial charge on any atom is 0.344 e. The zero-order valence-electron chi connectivity index (χ0n) is 11.4. The van der Waals surface area contributed by atoms with E-state index in [0.717, 1.165) is 0 Å². The Morgan fingerprint density at radius 3 is 2.43 bits per heavy atom. The molecule has 0 heterocycles. The number of rotatable bonds is 8. The van der Waals surface area contributed by atoms with Gasteiger partial charge >= 0.3 is 5.97 Å². The minimum atomic E-state index is -0.828. The fraction of sp³-hybridized carbons (Fsp3) is 0.333. The van der Waals surface area contributed by atoms with Gasteiger partial charge in [-0.05, 0) is 6.07 Å². The number of carbonyl (C=O) groups is 2. The van der Waals surface area contributed by atoms with Gasteiger partial charge in [-0.15, -0.1) is 0 Å². The highest BCUT2D eigenvalue weighted by atomic mass is 16.6. The predicted molar refractivity (Wildman–Crippen MR) is 68.0 cm³/mol. The quantitative estimate of drug-likeness (QED) is 0.300. The number of nitro benzene ring substituents is 1. The molecule has 0 aliphatic rings. The van der Waals surface area contributed by atoms with Crippen molar-refractivity contribution in [2.24, 2.45) is 0 Å². The number of hydrogen-bond acceptors (Lipinski definition) is 8. The van der Waals surface area contributed by atoms with Crippen LogP contribution in [-0.2, 0) is 25.7 Å². The van der Waals surface area contributed by atoms with Crippen LogP contribution >= 0.6 is 0 Å². The number of nitrogens with zero attached hydrogens (tertiary/aromatic N) is 1. The molecule has 0 saturated heterocycles. The molecule has 21 heavy (non-hydrogen) atoms. The summed E-state index contributed by atoms with van der Waals surface area (Å²) in [7, 11) is 2.72. The molecule has 0 aromatic heterocycles. The fourth-order valence-corrected chi connectivity index (χ4v) is 1.50. The molecule has 0 N–H and O–H groups in total. The van der Waals surface area contributed by atoms with E-state index < -0.39 is 17.5 Å². The Labute approximate surface area is 119 Å². The SMILES string of the molecule is COc1cc(COC(=O)COC=O)c([N+](=O)[O-])cc1OC. The highest BCUT2D eigenvalue weighted by Gasteiger charge is 2.20. The summed E-state index contributed by atoms with van der Waals surface area (Å²) in [4.78, 5) is 31.5. The van der Waals surface area contributed by atoms with E-state index in [1.807, 2.05) is 0 Å². The van der Waals surface area contributed by atoms with Crippen molar-refractivity contribution in [3.63, 3.8) is 0 Å². The standard InChI is InChI=1S/C12H13NO8/c1-18-10-3-8(5-21-12(15)6-20-7-14)9(13(16)17)4-11(10)19-2/h3-4,7H,5-6H2,1-2H3. The van der Waals surface area contributed by atoms with Crippen molar-refractivity contribution in [2.75, 3.05) is 20.8 Å². The molecule has 0 spiro atoms. The molecule has 114 valence electrons. The van der Waals surface area contributed by atoms with Crippen LogP contribution in [0, 0.1) is 10.1 Å². The van der Waals surface area contributed by atoms with Crippen molar-refractivity contribution in [1.29, 1.82) is 0 Å². The van der Waals surface area contributed by atoms with Gasteiger partial charge in [0.05, 0.1) is 30.8 Å². The Morgan fingerprint density at radius 1 is 1.29 bits per heavy atom. The molecular formula is C12H13NO8. The minimum Gasteiger partial charge on any atom is -0.493 e. The maximum absolute atomic E-state index is 11.2. The van der Waals surface area contributed by atoms with Gasteiger partial charge in [0.2, 0.25) is 0 Å². The van der Waals surface area contributed by atoms with Gasteiger partial charge in [-0.1, -0.05) is 0 Å². The van der Waals surface area contributed by atoms with Gasteiger partial charge in [-0.3, -0.25) is 14.9 Å². The third-order valence-corrected chi connectivity index (χ3v) is 2.44. The topological polar surface area (TPSA) is 114 Å². The third-order valence-electron chi connectivity index (χ3n) is 2.44. The van der Waals surface area contributed by atoms with Crippen LogP contribution in [0.4, 0.5) is 5.69 Å². The van der Waals surface area contributed by atoms with E-state index in [0.29, 0.717) is 0 Å². The van der Waals surface area contributed by atoms with Gasteiger partial charge in [0, 0.05) is 0 Å². The lowest BCUT2D eigenvalue weighted by atomic mass is 10.1. The summed E-state index contributed by atoms with van der Waals surface area (Å²) in [5.74, 6) is -0.381. The summed E-state index contributed by atoms with van der Waals surface area (Å²) in [6.45, 7) is -0.831. The average Bonchev–Trinajstić information content (AvgIpc) is 2.49. The first-order valence-corrected chi connectivity index (χ1v) is 5.63. The molecule has 0 saturated carbocycles. The Balaban J connectivity index is 2.96. The Morgan fingerprint density at radius 2 is 1.90 bits per heavy atom. The number of hydrogen-bond donors (Lipinski definition) is 0. The summed E-state index contributed by atoms with van der Waals surface area (Å²) in [6, 6.07) is 2.51. The van der Waals surface area contributed by atoms with Crippen LogP contribution in [0.1, 0.15) is 5.56 Å². The molecular weight excluding hydrogens is 286 g/mol. The van der Waals surface area contributed by atoms with E-state index in [1.54, 1.807) is 0 Å². The zero-order valence-corrected chi connectivity index (χ0v) is 11.4. The number of methoxy groups -OCH3 is 2. The summed E-state index contributed by atoms with van der Waals surface area (Å²) in [5.41, 5.74) is -0.158. The molecule has 0 amide bonds. The van der Waals surface area contributed by atoms with E-state index in [1.165, 1.54) is 26.4 Å². The first-order chi connectivity index (χ1) is 10.0. The molecule has 0 radical (unpaired) electrons. The summed E-state index contributed by atoms with van der Waals surface area (Å²) in [6.07, 6.45) is 0. The molecule has 9 nitrogen and oxygen atoms in total. The van der Waals surface area contributed by atoms with Crippen molar-refractivity contribution in [1.82, 2.24) is 0 Å².